The minimum absolute atomic E-state index is 0.00361. The fraction of sp³-hybridized carbons (Fsp3) is 0.333. The monoisotopic (exact) mass is 618 g/mol. The number of para-hydroxylation sites is 1. The molecule has 0 aliphatic carbocycles. The molecular weight excluding hydrogens is 587 g/mol. The van der Waals surface area contributed by atoms with Gasteiger partial charge < -0.3 is 14.4 Å². The third kappa shape index (κ3) is 7.93. The van der Waals surface area contributed by atoms with E-state index in [4.69, 9.17) is 32.7 Å². The van der Waals surface area contributed by atoms with Crippen LogP contribution in [0.4, 0.5) is 5.69 Å². The summed E-state index contributed by atoms with van der Waals surface area (Å²) in [5.74, 6) is -0.179. The van der Waals surface area contributed by atoms with Crippen LogP contribution in [-0.2, 0) is 37.2 Å². The van der Waals surface area contributed by atoms with Crippen molar-refractivity contribution in [3.05, 3.63) is 87.4 Å². The summed E-state index contributed by atoms with van der Waals surface area (Å²) in [6.45, 7) is 3.14. The molecule has 0 saturated carbocycles. The normalized spacial score (nSPS) is 14.0. The second-order valence-corrected chi connectivity index (χ2v) is 12.3. The molecular formula is C30H32Cl2N2O6S. The second-order valence-electron chi connectivity index (χ2n) is 9.79. The Bertz CT molecular complexity index is 1480. The minimum Gasteiger partial charge on any atom is -0.495 e. The van der Waals surface area contributed by atoms with Gasteiger partial charge in [0.25, 0.3) is 10.0 Å². The van der Waals surface area contributed by atoms with Crippen LogP contribution >= 0.6 is 23.2 Å². The lowest BCUT2D eigenvalue weighted by Crippen LogP contribution is -2.41. The van der Waals surface area contributed by atoms with Gasteiger partial charge in [-0.25, -0.2) is 8.42 Å². The highest BCUT2D eigenvalue weighted by atomic mass is 35.5. The highest BCUT2D eigenvalue weighted by Crippen LogP contribution is 2.32. The molecule has 0 radical (unpaired) electrons. The third-order valence-corrected chi connectivity index (χ3v) is 8.74. The lowest BCUT2D eigenvalue weighted by Gasteiger charge is -2.31. The van der Waals surface area contributed by atoms with Crippen molar-refractivity contribution in [2.24, 2.45) is 5.92 Å². The summed E-state index contributed by atoms with van der Waals surface area (Å²) in [6, 6.07) is 16.8. The number of sulfonamides is 1. The van der Waals surface area contributed by atoms with E-state index in [0.29, 0.717) is 60.3 Å². The Kier molecular flexibility index (Phi) is 10.2. The van der Waals surface area contributed by atoms with Crippen LogP contribution in [0, 0.1) is 5.92 Å². The van der Waals surface area contributed by atoms with Crippen molar-refractivity contribution in [1.29, 1.82) is 0 Å². The topological polar surface area (TPSA) is 102 Å². The van der Waals surface area contributed by atoms with Crippen molar-refractivity contribution in [3.63, 3.8) is 0 Å². The van der Waals surface area contributed by atoms with E-state index < -0.39 is 10.0 Å². The Labute approximate surface area is 250 Å². The smallest absolute Gasteiger partial charge is 0.309 e. The first-order chi connectivity index (χ1) is 19.6. The van der Waals surface area contributed by atoms with Gasteiger partial charge in [0.1, 0.15) is 10.6 Å². The molecule has 1 fully saturated rings. The highest BCUT2D eigenvalue weighted by molar-refractivity contribution is 7.92. The van der Waals surface area contributed by atoms with E-state index in [1.807, 2.05) is 0 Å². The van der Waals surface area contributed by atoms with E-state index in [1.165, 1.54) is 13.2 Å². The summed E-state index contributed by atoms with van der Waals surface area (Å²) in [4.78, 5) is 26.5. The zero-order chi connectivity index (χ0) is 29.6. The number of nitrogens with zero attached hydrogens (tertiary/aromatic N) is 1. The lowest BCUT2D eigenvalue weighted by atomic mass is 9.96. The Morgan fingerprint density at radius 3 is 2.24 bits per heavy atom. The molecule has 1 saturated heterocycles. The van der Waals surface area contributed by atoms with Crippen LogP contribution in [0.3, 0.4) is 0 Å². The summed E-state index contributed by atoms with van der Waals surface area (Å²) in [7, 11) is -2.57. The molecule has 8 nitrogen and oxygen atoms in total. The van der Waals surface area contributed by atoms with E-state index in [2.05, 4.69) is 4.72 Å². The number of benzene rings is 3. The van der Waals surface area contributed by atoms with Gasteiger partial charge in [0.2, 0.25) is 5.91 Å². The van der Waals surface area contributed by atoms with Crippen LogP contribution < -0.4 is 9.46 Å². The summed E-state index contributed by atoms with van der Waals surface area (Å²) in [6.07, 6.45) is 1.72. The number of likely N-dealkylation sites (tertiary alicyclic amines) is 1. The number of methoxy groups -OCH3 is 1. The van der Waals surface area contributed by atoms with Crippen molar-refractivity contribution in [2.75, 3.05) is 31.5 Å². The molecule has 3 aromatic rings. The number of halogens is 2. The van der Waals surface area contributed by atoms with Crippen LogP contribution in [0.5, 0.6) is 5.75 Å². The number of carbonyl (C=O) groups excluding carboxylic acids is 2. The Hall–Kier alpha value is -3.27. The van der Waals surface area contributed by atoms with Gasteiger partial charge in [0.15, 0.2) is 0 Å². The average molecular weight is 620 g/mol. The number of nitrogens with one attached hydrogen (secondary N) is 1. The zero-order valence-corrected chi connectivity index (χ0v) is 25.2. The molecule has 11 heteroatoms. The van der Waals surface area contributed by atoms with Crippen LogP contribution in [0.15, 0.2) is 65.6 Å². The maximum absolute atomic E-state index is 13.4. The van der Waals surface area contributed by atoms with Gasteiger partial charge in [-0.3, -0.25) is 14.3 Å². The molecule has 0 atom stereocenters. The number of ether oxygens (including phenoxy) is 2. The summed E-state index contributed by atoms with van der Waals surface area (Å²) >= 11 is 12.3. The van der Waals surface area contributed by atoms with Gasteiger partial charge in [-0.05, 0) is 72.9 Å². The van der Waals surface area contributed by atoms with Gasteiger partial charge >= 0.3 is 5.97 Å². The number of piperidine rings is 1. The first-order valence-corrected chi connectivity index (χ1v) is 15.5. The fourth-order valence-corrected chi connectivity index (χ4v) is 6.73. The van der Waals surface area contributed by atoms with E-state index >= 15 is 0 Å². The molecule has 0 bridgehead atoms. The second kappa shape index (κ2) is 13.6. The molecule has 0 unspecified atom stereocenters. The van der Waals surface area contributed by atoms with Crippen LogP contribution in [0.25, 0.3) is 0 Å². The SMILES string of the molecule is CCOC(=O)C1CCN(C(=O)Cc2ccc(NS(=O)(=O)c3cccc(Cc4cc(Cl)cc(Cl)c4)c3OC)cc2)CC1. The molecule has 1 aliphatic heterocycles. The minimum atomic E-state index is -4.00. The lowest BCUT2D eigenvalue weighted by molar-refractivity contribution is -0.151. The number of anilines is 1. The molecule has 1 aliphatic rings. The van der Waals surface area contributed by atoms with Gasteiger partial charge in [-0.15, -0.1) is 0 Å². The quantitative estimate of drug-likeness (QED) is 0.291. The van der Waals surface area contributed by atoms with Crippen molar-refractivity contribution < 1.29 is 27.5 Å². The van der Waals surface area contributed by atoms with E-state index in [0.717, 1.165) is 11.1 Å². The van der Waals surface area contributed by atoms with Crippen molar-refractivity contribution >= 4 is 50.8 Å². The molecule has 4 rings (SSSR count). The van der Waals surface area contributed by atoms with E-state index in [1.54, 1.807) is 66.4 Å². The van der Waals surface area contributed by atoms with Gasteiger partial charge in [-0.2, -0.15) is 0 Å². The van der Waals surface area contributed by atoms with Crippen molar-refractivity contribution in [1.82, 2.24) is 4.90 Å². The Morgan fingerprint density at radius 2 is 1.63 bits per heavy atom. The number of carbonyl (C=O) groups is 2. The van der Waals surface area contributed by atoms with E-state index in [-0.39, 0.29) is 34.9 Å². The first kappa shape index (κ1) is 30.7. The molecule has 0 spiro atoms. The fourth-order valence-electron chi connectivity index (χ4n) is 4.89. The predicted molar refractivity (Wildman–Crippen MR) is 159 cm³/mol. The largest absolute Gasteiger partial charge is 0.495 e. The van der Waals surface area contributed by atoms with Crippen LogP contribution in [0.2, 0.25) is 10.0 Å². The van der Waals surface area contributed by atoms with Crippen molar-refractivity contribution in [3.8, 4) is 5.75 Å². The van der Waals surface area contributed by atoms with Gasteiger partial charge in [-0.1, -0.05) is 47.5 Å². The first-order valence-electron chi connectivity index (χ1n) is 13.3. The van der Waals surface area contributed by atoms with E-state index in [9.17, 15) is 18.0 Å². The molecule has 1 amide bonds. The molecule has 41 heavy (non-hydrogen) atoms. The van der Waals surface area contributed by atoms with Gasteiger partial charge in [0.05, 0.1) is 26.1 Å². The van der Waals surface area contributed by atoms with Crippen LogP contribution in [-0.4, -0.2) is 52.0 Å². The molecule has 218 valence electrons. The van der Waals surface area contributed by atoms with Gasteiger partial charge in [0, 0.05) is 35.2 Å². The maximum atomic E-state index is 13.4. The summed E-state index contributed by atoms with van der Waals surface area (Å²) < 4.78 is 39.9. The number of esters is 1. The van der Waals surface area contributed by atoms with Crippen molar-refractivity contribution in [2.45, 2.75) is 37.5 Å². The molecule has 3 aromatic carbocycles. The molecule has 1 heterocycles. The number of hydrogen-bond donors (Lipinski definition) is 1. The number of amides is 1. The highest BCUT2D eigenvalue weighted by Gasteiger charge is 2.28. The predicted octanol–water partition coefficient (Wildman–Crippen LogP) is 5.74. The molecule has 0 aromatic heterocycles. The summed E-state index contributed by atoms with van der Waals surface area (Å²) in [5.41, 5.74) is 2.58. The Morgan fingerprint density at radius 1 is 0.976 bits per heavy atom. The molecule has 1 N–H and O–H groups in total. The average Bonchev–Trinajstić information content (AvgIpc) is 2.93. The summed E-state index contributed by atoms with van der Waals surface area (Å²) in [5, 5.41) is 0.973. The maximum Gasteiger partial charge on any atom is 0.309 e. The number of rotatable bonds is 10. The zero-order valence-electron chi connectivity index (χ0n) is 22.9. The standard InChI is InChI=1S/C30H32Cl2N2O6S/c1-3-40-30(36)22-11-13-34(14-12-22)28(35)18-20-7-9-26(10-8-20)33-41(37,38)27-6-4-5-23(29(27)39-2)15-21-16-24(31)19-25(32)17-21/h4-10,16-17,19,22,33H,3,11-15,18H2,1-2H3. The van der Waals surface area contributed by atoms with Crippen LogP contribution in [0.1, 0.15) is 36.5 Å². The Balaban J connectivity index is 1.41. The third-order valence-electron chi connectivity index (χ3n) is 6.90. The number of hydrogen-bond acceptors (Lipinski definition) is 6.